The van der Waals surface area contributed by atoms with Gasteiger partial charge in [0.25, 0.3) is 5.91 Å². The van der Waals surface area contributed by atoms with E-state index in [1.54, 1.807) is 0 Å². The van der Waals surface area contributed by atoms with Gasteiger partial charge in [0.15, 0.2) is 6.54 Å². The molecule has 156 valence electrons. The fourth-order valence-corrected chi connectivity index (χ4v) is 4.11. The highest BCUT2D eigenvalue weighted by Crippen LogP contribution is 2.36. The Kier molecular flexibility index (Phi) is 7.20. The molecule has 2 heterocycles. The zero-order valence-electron chi connectivity index (χ0n) is 15.7. The summed E-state index contributed by atoms with van der Waals surface area (Å²) in [4.78, 5) is 14.9. The van der Waals surface area contributed by atoms with Gasteiger partial charge in [0.2, 0.25) is 0 Å². The van der Waals surface area contributed by atoms with Gasteiger partial charge in [-0.2, -0.15) is 13.2 Å². The van der Waals surface area contributed by atoms with Crippen LogP contribution in [0.25, 0.3) is 0 Å². The summed E-state index contributed by atoms with van der Waals surface area (Å²) in [5.74, 6) is -0.287. The third-order valence-corrected chi connectivity index (χ3v) is 5.75. The minimum Gasteiger partial charge on any atom is -0.372 e. The maximum atomic E-state index is 12.9. The van der Waals surface area contributed by atoms with Crippen LogP contribution in [0.15, 0.2) is 18.2 Å². The topological polar surface area (TPSA) is 47.2 Å². The SMILES string of the molecule is O=C(C[NH+]1CC[NH+](C[C@@H]2CCCCO2)CC1)Nc1ccc(Cl)c(C(F)(F)F)c1. The Hall–Kier alpha value is -1.35. The molecule has 9 heteroatoms. The Morgan fingerprint density at radius 3 is 2.54 bits per heavy atom. The number of halogens is 4. The van der Waals surface area contributed by atoms with Crippen molar-refractivity contribution in [3.63, 3.8) is 0 Å². The van der Waals surface area contributed by atoms with Gasteiger partial charge < -0.3 is 19.9 Å². The summed E-state index contributed by atoms with van der Waals surface area (Å²) >= 11 is 5.61. The number of amides is 1. The van der Waals surface area contributed by atoms with Crippen LogP contribution in [0, 0.1) is 0 Å². The average Bonchev–Trinajstić information content (AvgIpc) is 2.65. The number of nitrogens with one attached hydrogen (secondary N) is 3. The van der Waals surface area contributed by atoms with Gasteiger partial charge in [0.1, 0.15) is 38.8 Å². The molecule has 2 aliphatic rings. The van der Waals surface area contributed by atoms with Gasteiger partial charge in [0.05, 0.1) is 10.6 Å². The van der Waals surface area contributed by atoms with E-state index in [0.29, 0.717) is 6.10 Å². The molecule has 3 N–H and O–H groups in total. The second-order valence-corrected chi connectivity index (χ2v) is 8.02. The largest absolute Gasteiger partial charge is 0.417 e. The van der Waals surface area contributed by atoms with Crippen molar-refractivity contribution in [2.75, 3.05) is 51.2 Å². The Balaban J connectivity index is 1.44. The third-order valence-electron chi connectivity index (χ3n) is 5.42. The van der Waals surface area contributed by atoms with E-state index < -0.39 is 11.7 Å². The van der Waals surface area contributed by atoms with Crippen LogP contribution >= 0.6 is 11.6 Å². The Morgan fingerprint density at radius 2 is 1.89 bits per heavy atom. The highest BCUT2D eigenvalue weighted by atomic mass is 35.5. The standard InChI is InChI=1S/C19H25ClF3N3O2/c20-17-5-4-14(11-16(17)19(21,22)23)24-18(27)13-26-8-6-25(7-9-26)12-15-3-1-2-10-28-15/h4-5,11,15H,1-3,6-10,12-13H2,(H,24,27)/p+2/t15-/m0/s1. The number of alkyl halides is 3. The molecule has 0 aliphatic carbocycles. The zero-order valence-corrected chi connectivity index (χ0v) is 16.5. The Bertz CT molecular complexity index is 673. The number of benzene rings is 1. The molecule has 1 aromatic carbocycles. The number of anilines is 1. The van der Waals surface area contributed by atoms with Gasteiger partial charge in [-0.05, 0) is 37.5 Å². The van der Waals surface area contributed by atoms with E-state index >= 15 is 0 Å². The van der Waals surface area contributed by atoms with E-state index in [4.69, 9.17) is 16.3 Å². The van der Waals surface area contributed by atoms with E-state index in [1.165, 1.54) is 17.4 Å². The van der Waals surface area contributed by atoms with Crippen molar-refractivity contribution in [3.8, 4) is 0 Å². The molecule has 0 unspecified atom stereocenters. The molecule has 3 rings (SSSR count). The number of hydrogen-bond acceptors (Lipinski definition) is 2. The smallest absolute Gasteiger partial charge is 0.372 e. The van der Waals surface area contributed by atoms with Crippen LogP contribution < -0.4 is 15.1 Å². The summed E-state index contributed by atoms with van der Waals surface area (Å²) in [6.07, 6.45) is -0.692. The predicted molar refractivity (Wildman–Crippen MR) is 99.8 cm³/mol. The summed E-state index contributed by atoms with van der Waals surface area (Å²) in [6, 6.07) is 3.42. The van der Waals surface area contributed by atoms with Gasteiger partial charge in [0, 0.05) is 12.3 Å². The van der Waals surface area contributed by atoms with Crippen LogP contribution in [-0.4, -0.2) is 57.9 Å². The minimum absolute atomic E-state index is 0.111. The summed E-state index contributed by atoms with van der Waals surface area (Å²) in [5.41, 5.74) is -0.832. The van der Waals surface area contributed by atoms with Crippen LogP contribution in [0.1, 0.15) is 24.8 Å². The van der Waals surface area contributed by atoms with E-state index in [-0.39, 0.29) is 23.2 Å². The maximum absolute atomic E-state index is 12.9. The fourth-order valence-electron chi connectivity index (χ4n) is 3.88. The lowest BCUT2D eigenvalue weighted by molar-refractivity contribution is -1.01. The quantitative estimate of drug-likeness (QED) is 0.654. The molecule has 1 aromatic rings. The zero-order chi connectivity index (χ0) is 20.1. The molecule has 1 atom stereocenters. The third kappa shape index (κ3) is 6.07. The van der Waals surface area contributed by atoms with E-state index in [0.717, 1.165) is 69.2 Å². The number of carbonyl (C=O) groups is 1. The van der Waals surface area contributed by atoms with Crippen LogP contribution in [-0.2, 0) is 15.7 Å². The first-order valence-electron chi connectivity index (χ1n) is 9.76. The predicted octanol–water partition coefficient (Wildman–Crippen LogP) is 0.650. The maximum Gasteiger partial charge on any atom is 0.417 e. The van der Waals surface area contributed by atoms with Gasteiger partial charge in [-0.25, -0.2) is 0 Å². The summed E-state index contributed by atoms with van der Waals surface area (Å²) in [6.45, 7) is 5.80. The van der Waals surface area contributed by atoms with Crippen LogP contribution in [0.4, 0.5) is 18.9 Å². The second kappa shape index (κ2) is 9.43. The van der Waals surface area contributed by atoms with Crippen molar-refractivity contribution in [1.82, 2.24) is 0 Å². The molecule has 0 bridgehead atoms. The van der Waals surface area contributed by atoms with Crippen molar-refractivity contribution in [2.24, 2.45) is 0 Å². The minimum atomic E-state index is -4.55. The summed E-state index contributed by atoms with van der Waals surface area (Å²) in [7, 11) is 0. The number of piperazine rings is 1. The molecule has 2 fully saturated rings. The number of ether oxygens (including phenoxy) is 1. The summed E-state index contributed by atoms with van der Waals surface area (Å²) < 4.78 is 44.6. The molecule has 2 aliphatic heterocycles. The van der Waals surface area contributed by atoms with Crippen molar-refractivity contribution in [3.05, 3.63) is 28.8 Å². The first-order chi connectivity index (χ1) is 13.3. The molecule has 5 nitrogen and oxygen atoms in total. The Labute approximate surface area is 167 Å². The van der Waals surface area contributed by atoms with Crippen LogP contribution in [0.5, 0.6) is 0 Å². The highest BCUT2D eigenvalue weighted by Gasteiger charge is 2.33. The molecule has 0 aromatic heterocycles. The number of hydrogen-bond donors (Lipinski definition) is 3. The molecule has 0 saturated carbocycles. The van der Waals surface area contributed by atoms with E-state index in [2.05, 4.69) is 5.32 Å². The number of quaternary nitrogens is 2. The van der Waals surface area contributed by atoms with Crippen molar-refractivity contribution in [1.29, 1.82) is 0 Å². The molecular weight excluding hydrogens is 395 g/mol. The van der Waals surface area contributed by atoms with Gasteiger partial charge in [-0.1, -0.05) is 11.6 Å². The van der Waals surface area contributed by atoms with Gasteiger partial charge in [-0.15, -0.1) is 0 Å². The van der Waals surface area contributed by atoms with Gasteiger partial charge in [-0.3, -0.25) is 4.79 Å². The highest BCUT2D eigenvalue weighted by molar-refractivity contribution is 6.31. The van der Waals surface area contributed by atoms with Crippen molar-refractivity contribution < 1.29 is 32.5 Å². The van der Waals surface area contributed by atoms with Crippen molar-refractivity contribution in [2.45, 2.75) is 31.5 Å². The normalized spacial score (nSPS) is 26.1. The molecule has 0 spiro atoms. The van der Waals surface area contributed by atoms with Crippen LogP contribution in [0.3, 0.4) is 0 Å². The molecule has 0 radical (unpaired) electrons. The van der Waals surface area contributed by atoms with Crippen LogP contribution in [0.2, 0.25) is 5.02 Å². The first-order valence-corrected chi connectivity index (χ1v) is 10.1. The molecule has 1 amide bonds. The lowest BCUT2D eigenvalue weighted by atomic mass is 10.1. The second-order valence-electron chi connectivity index (χ2n) is 7.61. The van der Waals surface area contributed by atoms with E-state index in [9.17, 15) is 18.0 Å². The number of carbonyl (C=O) groups excluding carboxylic acids is 1. The van der Waals surface area contributed by atoms with Gasteiger partial charge >= 0.3 is 6.18 Å². The van der Waals surface area contributed by atoms with Crippen molar-refractivity contribution >= 4 is 23.2 Å². The summed E-state index contributed by atoms with van der Waals surface area (Å²) in [5, 5.41) is 2.18. The lowest BCUT2D eigenvalue weighted by Gasteiger charge is -2.32. The monoisotopic (exact) mass is 421 g/mol. The fraction of sp³-hybridized carbons (Fsp3) is 0.632. The van der Waals surface area contributed by atoms with E-state index in [1.807, 2.05) is 0 Å². The first kappa shape index (κ1) is 21.4. The Morgan fingerprint density at radius 1 is 1.18 bits per heavy atom. The molecule has 2 saturated heterocycles. The lowest BCUT2D eigenvalue weighted by Crippen LogP contribution is -3.28. The number of rotatable bonds is 5. The molecular formula is C19H27ClF3N3O2+2. The average molecular weight is 422 g/mol. The molecule has 28 heavy (non-hydrogen) atoms.